The van der Waals surface area contributed by atoms with Crippen LogP contribution in [0.3, 0.4) is 0 Å². The van der Waals surface area contributed by atoms with Crippen LogP contribution in [0.4, 0.5) is 0 Å². The molecule has 2 atom stereocenters. The summed E-state index contributed by atoms with van der Waals surface area (Å²) in [7, 11) is 0. The van der Waals surface area contributed by atoms with Crippen molar-refractivity contribution in [3.8, 4) is 5.75 Å². The predicted molar refractivity (Wildman–Crippen MR) is 75.5 cm³/mol. The van der Waals surface area contributed by atoms with E-state index in [0.29, 0.717) is 6.61 Å². The van der Waals surface area contributed by atoms with Gasteiger partial charge in [-0.15, -0.1) is 0 Å². The number of aliphatic carboxylic acids is 1. The second kappa shape index (κ2) is 6.57. The monoisotopic (exact) mass is 265 g/mol. The maximum atomic E-state index is 11.1. The van der Waals surface area contributed by atoms with Crippen LogP contribution in [0.15, 0.2) is 24.3 Å². The van der Waals surface area contributed by atoms with Crippen LogP contribution in [0.5, 0.6) is 5.75 Å². The number of hydrogen-bond donors (Lipinski definition) is 2. The molecule has 0 aromatic heterocycles. The van der Waals surface area contributed by atoms with Crippen LogP contribution in [0.25, 0.3) is 0 Å². The Morgan fingerprint density at radius 1 is 1.37 bits per heavy atom. The summed E-state index contributed by atoms with van der Waals surface area (Å²) in [5.41, 5.74) is 6.51. The van der Waals surface area contributed by atoms with E-state index in [1.54, 1.807) is 0 Å². The van der Waals surface area contributed by atoms with E-state index in [4.69, 9.17) is 15.6 Å². The molecule has 0 aliphatic heterocycles. The van der Waals surface area contributed by atoms with E-state index in [2.05, 4.69) is 0 Å². The summed E-state index contributed by atoms with van der Waals surface area (Å²) in [5, 5.41) is 9.11. The normalized spacial score (nSPS) is 15.6. The van der Waals surface area contributed by atoms with Gasteiger partial charge in [-0.1, -0.05) is 26.0 Å². The molecule has 0 saturated carbocycles. The van der Waals surface area contributed by atoms with Crippen molar-refractivity contribution in [2.75, 3.05) is 6.61 Å². The lowest BCUT2D eigenvalue weighted by Crippen LogP contribution is -2.44. The zero-order valence-corrected chi connectivity index (χ0v) is 11.8. The lowest BCUT2D eigenvalue weighted by Gasteiger charge is -2.34. The summed E-state index contributed by atoms with van der Waals surface area (Å²) in [4.78, 5) is 11.1. The first-order chi connectivity index (χ1) is 8.93. The van der Waals surface area contributed by atoms with Crippen molar-refractivity contribution in [2.24, 2.45) is 5.73 Å². The minimum Gasteiger partial charge on any atom is -0.494 e. The molecular weight excluding hydrogens is 242 g/mol. The van der Waals surface area contributed by atoms with Crippen LogP contribution < -0.4 is 10.5 Å². The standard InChI is InChI=1S/C15H23NO3/c1-4-13(16)15(3,10-14(17)18)11-6-8-12(9-7-11)19-5-2/h6-9,13H,4-5,10,16H2,1-3H3,(H,17,18). The van der Waals surface area contributed by atoms with Gasteiger partial charge in [0.15, 0.2) is 0 Å². The third-order valence-electron chi connectivity index (χ3n) is 3.60. The Hall–Kier alpha value is -1.55. The topological polar surface area (TPSA) is 72.5 Å². The first-order valence-electron chi connectivity index (χ1n) is 6.64. The highest BCUT2D eigenvalue weighted by Crippen LogP contribution is 2.33. The van der Waals surface area contributed by atoms with Gasteiger partial charge < -0.3 is 15.6 Å². The van der Waals surface area contributed by atoms with E-state index in [-0.39, 0.29) is 12.5 Å². The van der Waals surface area contributed by atoms with Gasteiger partial charge in [-0.25, -0.2) is 0 Å². The Labute approximate surface area is 114 Å². The summed E-state index contributed by atoms with van der Waals surface area (Å²) in [6.07, 6.45) is 0.757. The smallest absolute Gasteiger partial charge is 0.304 e. The molecule has 19 heavy (non-hydrogen) atoms. The lowest BCUT2D eigenvalue weighted by atomic mass is 9.73. The largest absolute Gasteiger partial charge is 0.494 e. The van der Waals surface area contributed by atoms with Crippen LogP contribution >= 0.6 is 0 Å². The van der Waals surface area contributed by atoms with E-state index in [0.717, 1.165) is 17.7 Å². The number of nitrogens with two attached hydrogens (primary N) is 1. The third-order valence-corrected chi connectivity index (χ3v) is 3.60. The summed E-state index contributed by atoms with van der Waals surface area (Å²) in [5.74, 6) is -0.0470. The fraction of sp³-hybridized carbons (Fsp3) is 0.533. The molecule has 0 saturated heterocycles. The SMILES string of the molecule is CCOc1ccc(C(C)(CC(=O)O)C(N)CC)cc1. The van der Waals surface area contributed by atoms with Crippen molar-refractivity contribution in [3.63, 3.8) is 0 Å². The number of carbonyl (C=O) groups is 1. The number of ether oxygens (including phenoxy) is 1. The van der Waals surface area contributed by atoms with Gasteiger partial charge in [-0.05, 0) is 31.0 Å². The average Bonchev–Trinajstić information content (AvgIpc) is 2.38. The number of carboxylic acid groups (broad SMARTS) is 1. The highest BCUT2D eigenvalue weighted by molar-refractivity contribution is 5.69. The fourth-order valence-corrected chi connectivity index (χ4v) is 2.31. The molecule has 4 heteroatoms. The molecule has 4 nitrogen and oxygen atoms in total. The zero-order chi connectivity index (χ0) is 14.5. The summed E-state index contributed by atoms with van der Waals surface area (Å²) >= 11 is 0. The van der Waals surface area contributed by atoms with Crippen LogP contribution in [-0.4, -0.2) is 23.7 Å². The molecule has 0 fully saturated rings. The van der Waals surface area contributed by atoms with E-state index in [1.807, 2.05) is 45.0 Å². The molecule has 1 aromatic rings. The summed E-state index contributed by atoms with van der Waals surface area (Å²) in [6.45, 7) is 6.42. The zero-order valence-electron chi connectivity index (χ0n) is 11.8. The molecule has 3 N–H and O–H groups in total. The van der Waals surface area contributed by atoms with Crippen LogP contribution in [0.2, 0.25) is 0 Å². The quantitative estimate of drug-likeness (QED) is 0.794. The molecule has 0 amide bonds. The van der Waals surface area contributed by atoms with Gasteiger partial charge in [0, 0.05) is 11.5 Å². The van der Waals surface area contributed by atoms with Gasteiger partial charge in [-0.3, -0.25) is 4.79 Å². The second-order valence-electron chi connectivity index (χ2n) is 4.96. The molecule has 2 unspecified atom stereocenters. The first-order valence-corrected chi connectivity index (χ1v) is 6.64. The molecule has 0 spiro atoms. The fourth-order valence-electron chi connectivity index (χ4n) is 2.31. The highest BCUT2D eigenvalue weighted by Gasteiger charge is 2.35. The van der Waals surface area contributed by atoms with Gasteiger partial charge >= 0.3 is 5.97 Å². The van der Waals surface area contributed by atoms with Crippen molar-refractivity contribution in [1.29, 1.82) is 0 Å². The molecule has 0 heterocycles. The Kier molecular flexibility index (Phi) is 5.36. The molecule has 0 bridgehead atoms. The van der Waals surface area contributed by atoms with Crippen molar-refractivity contribution < 1.29 is 14.6 Å². The minimum atomic E-state index is -0.833. The predicted octanol–water partition coefficient (Wildman–Crippen LogP) is 2.56. The Morgan fingerprint density at radius 3 is 2.37 bits per heavy atom. The molecule has 0 radical (unpaired) electrons. The van der Waals surface area contributed by atoms with Crippen LogP contribution in [0, 0.1) is 0 Å². The average molecular weight is 265 g/mol. The molecule has 0 aliphatic rings. The molecule has 1 rings (SSSR count). The van der Waals surface area contributed by atoms with Crippen LogP contribution in [-0.2, 0) is 10.2 Å². The molecule has 1 aromatic carbocycles. The molecule has 0 aliphatic carbocycles. The number of hydrogen-bond acceptors (Lipinski definition) is 3. The maximum Gasteiger partial charge on any atom is 0.304 e. The summed E-state index contributed by atoms with van der Waals surface area (Å²) < 4.78 is 5.39. The van der Waals surface area contributed by atoms with E-state index in [1.165, 1.54) is 0 Å². The van der Waals surface area contributed by atoms with Crippen LogP contribution in [0.1, 0.15) is 39.2 Å². The van der Waals surface area contributed by atoms with E-state index >= 15 is 0 Å². The Bertz CT molecular complexity index is 416. The Morgan fingerprint density at radius 2 is 1.95 bits per heavy atom. The first kappa shape index (κ1) is 15.5. The molecule has 106 valence electrons. The van der Waals surface area contributed by atoms with Gasteiger partial charge in [0.25, 0.3) is 0 Å². The van der Waals surface area contributed by atoms with E-state index in [9.17, 15) is 4.79 Å². The van der Waals surface area contributed by atoms with Gasteiger partial charge in [0.2, 0.25) is 0 Å². The maximum absolute atomic E-state index is 11.1. The number of benzene rings is 1. The lowest BCUT2D eigenvalue weighted by molar-refractivity contribution is -0.138. The van der Waals surface area contributed by atoms with Gasteiger partial charge in [-0.2, -0.15) is 0 Å². The van der Waals surface area contributed by atoms with Crippen molar-refractivity contribution in [2.45, 2.75) is 45.1 Å². The van der Waals surface area contributed by atoms with E-state index < -0.39 is 11.4 Å². The molecular formula is C15H23NO3. The van der Waals surface area contributed by atoms with Crippen molar-refractivity contribution in [1.82, 2.24) is 0 Å². The number of carboxylic acids is 1. The third kappa shape index (κ3) is 3.70. The second-order valence-corrected chi connectivity index (χ2v) is 4.96. The van der Waals surface area contributed by atoms with Crippen molar-refractivity contribution in [3.05, 3.63) is 29.8 Å². The van der Waals surface area contributed by atoms with Gasteiger partial charge in [0.05, 0.1) is 13.0 Å². The summed E-state index contributed by atoms with van der Waals surface area (Å²) in [6, 6.07) is 7.34. The number of rotatable bonds is 7. The van der Waals surface area contributed by atoms with Gasteiger partial charge in [0.1, 0.15) is 5.75 Å². The Balaban J connectivity index is 3.06. The minimum absolute atomic E-state index is 0.0238. The van der Waals surface area contributed by atoms with Crippen molar-refractivity contribution >= 4 is 5.97 Å². The highest BCUT2D eigenvalue weighted by atomic mass is 16.5.